The van der Waals surface area contributed by atoms with E-state index < -0.39 is 0 Å². The van der Waals surface area contributed by atoms with Gasteiger partial charge in [0, 0.05) is 15.9 Å². The smallest absolute Gasteiger partial charge is 0.0861 e. The van der Waals surface area contributed by atoms with Gasteiger partial charge in [0.1, 0.15) is 0 Å². The number of fused-ring (bicyclic) bond motifs is 1. The highest BCUT2D eigenvalue weighted by atomic mass is 33.1. The van der Waals surface area contributed by atoms with E-state index in [1.807, 2.05) is 0 Å². The molecule has 0 saturated carbocycles. The average molecular weight is 155 g/mol. The molecule has 0 aromatic carbocycles. The first-order chi connectivity index (χ1) is 4.47. The molecule has 1 heterocycles. The van der Waals surface area contributed by atoms with Gasteiger partial charge in [0.25, 0.3) is 0 Å². The van der Waals surface area contributed by atoms with Crippen molar-refractivity contribution in [2.75, 3.05) is 0 Å². The molecule has 0 aromatic rings. The molecule has 1 aliphatic heterocycles. The van der Waals surface area contributed by atoms with E-state index in [4.69, 9.17) is 0 Å². The number of rotatable bonds is 0. The molecular formula is C6H5NS2. The Balaban J connectivity index is 2.37. The maximum atomic E-state index is 4.20. The van der Waals surface area contributed by atoms with E-state index in [0.29, 0.717) is 0 Å². The second kappa shape index (κ2) is 2.23. The maximum absolute atomic E-state index is 4.20. The predicted molar refractivity (Wildman–Crippen MR) is 44.5 cm³/mol. The molecule has 0 bridgehead atoms. The summed E-state index contributed by atoms with van der Waals surface area (Å²) < 4.78 is 4.20. The van der Waals surface area contributed by atoms with Crippen molar-refractivity contribution in [2.24, 2.45) is 4.40 Å². The van der Waals surface area contributed by atoms with Gasteiger partial charge in [0.15, 0.2) is 0 Å². The minimum Gasteiger partial charge on any atom is -0.204 e. The Morgan fingerprint density at radius 2 is 2.56 bits per heavy atom. The van der Waals surface area contributed by atoms with Crippen LogP contribution in [0.25, 0.3) is 0 Å². The summed E-state index contributed by atoms with van der Waals surface area (Å²) >= 11 is 0. The highest BCUT2D eigenvalue weighted by Gasteiger charge is 2.13. The summed E-state index contributed by atoms with van der Waals surface area (Å²) in [5, 5.41) is 0. The molecule has 2 aliphatic rings. The minimum atomic E-state index is 1.07. The van der Waals surface area contributed by atoms with Gasteiger partial charge in [-0.15, -0.1) is 0 Å². The Hall–Kier alpha value is -0.150. The van der Waals surface area contributed by atoms with Crippen molar-refractivity contribution < 1.29 is 0 Å². The average Bonchev–Trinajstić information content (AvgIpc) is 2.33. The molecule has 2 rings (SSSR count). The third-order valence-electron chi connectivity index (χ3n) is 1.23. The van der Waals surface area contributed by atoms with E-state index >= 15 is 0 Å². The van der Waals surface area contributed by atoms with Crippen molar-refractivity contribution in [3.05, 3.63) is 23.1 Å². The molecule has 0 amide bonds. The van der Waals surface area contributed by atoms with E-state index in [0.717, 1.165) is 12.1 Å². The molecule has 0 saturated heterocycles. The van der Waals surface area contributed by atoms with Crippen LogP contribution < -0.4 is 0 Å². The quantitative estimate of drug-likeness (QED) is 0.394. The van der Waals surface area contributed by atoms with E-state index in [2.05, 4.69) is 22.6 Å². The Bertz CT molecular complexity index is 215. The zero-order valence-corrected chi connectivity index (χ0v) is 6.34. The molecule has 1 nitrogen and oxygen atoms in total. The van der Waals surface area contributed by atoms with Crippen LogP contribution >= 0.6 is 21.8 Å². The standard InChI is InChI=1S/C6H5NS2/c1-2-4-6-5(3-1)7-9-8-6/h1,3-4H,2H2. The van der Waals surface area contributed by atoms with Gasteiger partial charge in [-0.1, -0.05) is 12.2 Å². The SMILES string of the molecule is C1=CC2=NSSC2=CC1. The second-order valence-corrected chi connectivity index (χ2v) is 3.73. The lowest BCUT2D eigenvalue weighted by molar-refractivity contribution is 1.38. The van der Waals surface area contributed by atoms with E-state index in [1.54, 1.807) is 21.8 Å². The lowest BCUT2D eigenvalue weighted by atomic mass is 10.2. The third-order valence-corrected chi connectivity index (χ3v) is 3.12. The second-order valence-electron chi connectivity index (χ2n) is 1.84. The molecule has 0 fully saturated rings. The Morgan fingerprint density at radius 3 is 3.44 bits per heavy atom. The highest BCUT2D eigenvalue weighted by molar-refractivity contribution is 8.78. The molecule has 0 unspecified atom stereocenters. The fourth-order valence-electron chi connectivity index (χ4n) is 0.793. The minimum absolute atomic E-state index is 1.07. The highest BCUT2D eigenvalue weighted by Crippen LogP contribution is 2.40. The van der Waals surface area contributed by atoms with Gasteiger partial charge in [-0.05, 0) is 23.3 Å². The van der Waals surface area contributed by atoms with Crippen LogP contribution in [0.5, 0.6) is 0 Å². The monoisotopic (exact) mass is 155 g/mol. The van der Waals surface area contributed by atoms with Gasteiger partial charge in [0.05, 0.1) is 5.71 Å². The first-order valence-corrected chi connectivity index (χ1v) is 4.86. The summed E-state index contributed by atoms with van der Waals surface area (Å²) in [5.41, 5.74) is 1.15. The van der Waals surface area contributed by atoms with Gasteiger partial charge < -0.3 is 0 Å². The fourth-order valence-corrected chi connectivity index (χ4v) is 2.62. The molecule has 0 N–H and O–H groups in total. The van der Waals surface area contributed by atoms with Crippen LogP contribution in [0, 0.1) is 0 Å². The molecule has 0 spiro atoms. The molecule has 0 atom stereocenters. The fraction of sp³-hybridized carbons (Fsp3) is 0.167. The summed E-state index contributed by atoms with van der Waals surface area (Å²) in [6.45, 7) is 0. The molecule has 3 heteroatoms. The molecule has 0 radical (unpaired) electrons. The zero-order chi connectivity index (χ0) is 6.10. The van der Waals surface area contributed by atoms with Crippen molar-refractivity contribution in [2.45, 2.75) is 6.42 Å². The van der Waals surface area contributed by atoms with Crippen molar-refractivity contribution in [1.29, 1.82) is 0 Å². The van der Waals surface area contributed by atoms with Crippen LogP contribution in [0.15, 0.2) is 27.5 Å². The van der Waals surface area contributed by atoms with Crippen molar-refractivity contribution in [3.8, 4) is 0 Å². The molecular weight excluding hydrogens is 150 g/mol. The molecule has 9 heavy (non-hydrogen) atoms. The summed E-state index contributed by atoms with van der Waals surface area (Å²) in [5.74, 6) is 0. The first kappa shape index (κ1) is 5.62. The number of nitrogens with zero attached hydrogens (tertiary/aromatic N) is 1. The van der Waals surface area contributed by atoms with Crippen LogP contribution in [-0.2, 0) is 0 Å². The van der Waals surface area contributed by atoms with E-state index in [1.165, 1.54) is 4.91 Å². The Kier molecular flexibility index (Phi) is 1.39. The summed E-state index contributed by atoms with van der Waals surface area (Å²) in [6, 6.07) is 0. The lowest BCUT2D eigenvalue weighted by Gasteiger charge is -1.98. The maximum Gasteiger partial charge on any atom is 0.0861 e. The predicted octanol–water partition coefficient (Wildman–Crippen LogP) is 2.58. The normalized spacial score (nSPS) is 23.1. The van der Waals surface area contributed by atoms with E-state index in [9.17, 15) is 0 Å². The lowest BCUT2D eigenvalue weighted by Crippen LogP contribution is -1.93. The van der Waals surface area contributed by atoms with Crippen molar-refractivity contribution in [1.82, 2.24) is 0 Å². The molecule has 0 aromatic heterocycles. The van der Waals surface area contributed by atoms with Gasteiger partial charge >= 0.3 is 0 Å². The van der Waals surface area contributed by atoms with Crippen LogP contribution in [0.3, 0.4) is 0 Å². The van der Waals surface area contributed by atoms with Crippen LogP contribution in [0.2, 0.25) is 0 Å². The summed E-state index contributed by atoms with van der Waals surface area (Å²) in [7, 11) is 3.31. The molecule has 1 aliphatic carbocycles. The Morgan fingerprint density at radius 1 is 1.56 bits per heavy atom. The number of hydrogen-bond donors (Lipinski definition) is 0. The first-order valence-electron chi connectivity index (χ1n) is 2.75. The zero-order valence-electron chi connectivity index (χ0n) is 4.70. The van der Waals surface area contributed by atoms with Crippen LogP contribution in [0.4, 0.5) is 0 Å². The number of allylic oxidation sites excluding steroid dienone is 4. The van der Waals surface area contributed by atoms with Gasteiger partial charge in [-0.3, -0.25) is 0 Å². The summed E-state index contributed by atoms with van der Waals surface area (Å²) in [4.78, 5) is 1.34. The Labute approximate surface area is 61.8 Å². The van der Waals surface area contributed by atoms with Gasteiger partial charge in [-0.25, -0.2) is 4.40 Å². The van der Waals surface area contributed by atoms with Crippen molar-refractivity contribution >= 4 is 27.5 Å². The number of hydrogen-bond acceptors (Lipinski definition) is 3. The topological polar surface area (TPSA) is 12.4 Å². The summed E-state index contributed by atoms with van der Waals surface area (Å²) in [6.07, 6.45) is 7.50. The largest absolute Gasteiger partial charge is 0.204 e. The van der Waals surface area contributed by atoms with Gasteiger partial charge in [0.2, 0.25) is 0 Å². The van der Waals surface area contributed by atoms with Crippen LogP contribution in [-0.4, -0.2) is 5.71 Å². The molecule has 46 valence electrons. The van der Waals surface area contributed by atoms with Crippen LogP contribution in [0.1, 0.15) is 6.42 Å². The van der Waals surface area contributed by atoms with Gasteiger partial charge in [-0.2, -0.15) is 0 Å². The third kappa shape index (κ3) is 0.946. The van der Waals surface area contributed by atoms with E-state index in [-0.39, 0.29) is 0 Å². The van der Waals surface area contributed by atoms with Crippen molar-refractivity contribution in [3.63, 3.8) is 0 Å².